The average molecular weight is 372 g/mol. The lowest BCUT2D eigenvalue weighted by atomic mass is 10.1. The fraction of sp³-hybridized carbons (Fsp3) is 0.333. The number of rotatable bonds is 8. The summed E-state index contributed by atoms with van der Waals surface area (Å²) in [5.41, 5.74) is 1.59. The lowest BCUT2D eigenvalue weighted by Crippen LogP contribution is -2.48. The highest BCUT2D eigenvalue weighted by Crippen LogP contribution is 2.15. The Bertz CT molecular complexity index is 760. The maximum atomic E-state index is 13.2. The van der Waals surface area contributed by atoms with Gasteiger partial charge in [-0.15, -0.1) is 0 Å². The first kappa shape index (κ1) is 20.4. The SMILES string of the molecule is CCNC(=O)[C@H](C)N(Cc1ccc(F)cc1)C(=O)Cc1ccc(OC)cc1. The molecule has 6 heteroatoms. The van der Waals surface area contributed by atoms with Gasteiger partial charge in [-0.3, -0.25) is 9.59 Å². The predicted molar refractivity (Wildman–Crippen MR) is 102 cm³/mol. The van der Waals surface area contributed by atoms with Crippen LogP contribution in [0.3, 0.4) is 0 Å². The summed E-state index contributed by atoms with van der Waals surface area (Å²) >= 11 is 0. The van der Waals surface area contributed by atoms with Crippen LogP contribution in [-0.2, 0) is 22.6 Å². The van der Waals surface area contributed by atoms with Gasteiger partial charge in [-0.1, -0.05) is 24.3 Å². The van der Waals surface area contributed by atoms with Crippen molar-refractivity contribution in [3.63, 3.8) is 0 Å². The molecule has 1 N–H and O–H groups in total. The highest BCUT2D eigenvalue weighted by molar-refractivity contribution is 5.88. The van der Waals surface area contributed by atoms with Gasteiger partial charge in [-0.2, -0.15) is 0 Å². The number of ether oxygens (including phenoxy) is 1. The molecule has 2 rings (SSSR count). The standard InChI is InChI=1S/C21H25FN2O3/c1-4-23-21(26)15(2)24(14-17-5-9-18(22)10-6-17)20(25)13-16-7-11-19(27-3)12-8-16/h5-12,15H,4,13-14H2,1-3H3,(H,23,26)/t15-/m0/s1. The molecule has 0 saturated carbocycles. The van der Waals surface area contributed by atoms with Crippen molar-refractivity contribution < 1.29 is 18.7 Å². The Morgan fingerprint density at radius 2 is 1.67 bits per heavy atom. The number of methoxy groups -OCH3 is 1. The molecule has 5 nitrogen and oxygen atoms in total. The van der Waals surface area contributed by atoms with Crippen LogP contribution in [0.15, 0.2) is 48.5 Å². The molecule has 0 radical (unpaired) electrons. The van der Waals surface area contributed by atoms with Crippen LogP contribution in [0.2, 0.25) is 0 Å². The Kier molecular flexibility index (Phi) is 7.34. The van der Waals surface area contributed by atoms with E-state index in [1.54, 1.807) is 38.3 Å². The van der Waals surface area contributed by atoms with E-state index in [4.69, 9.17) is 4.74 Å². The molecular weight excluding hydrogens is 347 g/mol. The molecule has 0 bridgehead atoms. The molecule has 2 aromatic carbocycles. The molecule has 27 heavy (non-hydrogen) atoms. The summed E-state index contributed by atoms with van der Waals surface area (Å²) in [5, 5.41) is 2.75. The maximum Gasteiger partial charge on any atom is 0.242 e. The Hall–Kier alpha value is -2.89. The summed E-state index contributed by atoms with van der Waals surface area (Å²) in [6.07, 6.45) is 0.162. The number of nitrogens with one attached hydrogen (secondary N) is 1. The van der Waals surface area contributed by atoms with Gasteiger partial charge in [0.15, 0.2) is 0 Å². The van der Waals surface area contributed by atoms with E-state index in [-0.39, 0.29) is 30.6 Å². The zero-order valence-electron chi connectivity index (χ0n) is 15.9. The predicted octanol–water partition coefficient (Wildman–Crippen LogP) is 2.93. The minimum Gasteiger partial charge on any atom is -0.497 e. The van der Waals surface area contributed by atoms with E-state index in [0.29, 0.717) is 12.3 Å². The van der Waals surface area contributed by atoms with Crippen LogP contribution in [0.5, 0.6) is 5.75 Å². The van der Waals surface area contributed by atoms with Gasteiger partial charge >= 0.3 is 0 Å². The first-order valence-electron chi connectivity index (χ1n) is 8.89. The van der Waals surface area contributed by atoms with Gasteiger partial charge in [-0.25, -0.2) is 4.39 Å². The highest BCUT2D eigenvalue weighted by atomic mass is 19.1. The summed E-state index contributed by atoms with van der Waals surface area (Å²) in [7, 11) is 1.58. The number of amides is 2. The minimum atomic E-state index is -0.638. The van der Waals surface area contributed by atoms with Crippen molar-refractivity contribution in [3.8, 4) is 5.75 Å². The summed E-state index contributed by atoms with van der Waals surface area (Å²) in [6.45, 7) is 4.24. The van der Waals surface area contributed by atoms with Gasteiger partial charge in [0.25, 0.3) is 0 Å². The number of halogens is 1. The van der Waals surface area contributed by atoms with Crippen LogP contribution in [0.1, 0.15) is 25.0 Å². The summed E-state index contributed by atoms with van der Waals surface area (Å²) in [5.74, 6) is -0.0253. The number of benzene rings is 2. The number of likely N-dealkylation sites (N-methyl/N-ethyl adjacent to an activating group) is 1. The van der Waals surface area contributed by atoms with Crippen molar-refractivity contribution in [2.24, 2.45) is 0 Å². The Morgan fingerprint density at radius 1 is 1.07 bits per heavy atom. The van der Waals surface area contributed by atoms with Gasteiger partial charge in [0, 0.05) is 13.1 Å². The fourth-order valence-corrected chi connectivity index (χ4v) is 2.71. The third-order valence-corrected chi connectivity index (χ3v) is 4.30. The van der Waals surface area contributed by atoms with Gasteiger partial charge in [0.1, 0.15) is 17.6 Å². The first-order valence-corrected chi connectivity index (χ1v) is 8.89. The third-order valence-electron chi connectivity index (χ3n) is 4.30. The van der Waals surface area contributed by atoms with Crippen LogP contribution < -0.4 is 10.1 Å². The van der Waals surface area contributed by atoms with E-state index in [0.717, 1.165) is 11.1 Å². The normalized spacial score (nSPS) is 11.6. The molecule has 0 aliphatic carbocycles. The molecule has 2 aromatic rings. The minimum absolute atomic E-state index is 0.162. The van der Waals surface area contributed by atoms with Crippen molar-refractivity contribution in [2.45, 2.75) is 32.9 Å². The Balaban J connectivity index is 2.19. The summed E-state index contributed by atoms with van der Waals surface area (Å²) in [4.78, 5) is 26.7. The second kappa shape index (κ2) is 9.71. The summed E-state index contributed by atoms with van der Waals surface area (Å²) in [6, 6.07) is 12.5. The second-order valence-corrected chi connectivity index (χ2v) is 6.24. The average Bonchev–Trinajstić information content (AvgIpc) is 2.67. The number of carbonyl (C=O) groups is 2. The van der Waals surface area contributed by atoms with Gasteiger partial charge in [0.05, 0.1) is 13.5 Å². The van der Waals surface area contributed by atoms with Crippen molar-refractivity contribution in [1.29, 1.82) is 0 Å². The molecule has 0 spiro atoms. The van der Waals surface area contributed by atoms with E-state index in [1.165, 1.54) is 17.0 Å². The molecule has 144 valence electrons. The zero-order chi connectivity index (χ0) is 19.8. The van der Waals surface area contributed by atoms with E-state index in [2.05, 4.69) is 5.32 Å². The van der Waals surface area contributed by atoms with E-state index in [1.807, 2.05) is 19.1 Å². The molecule has 0 fully saturated rings. The Labute approximate surface area is 159 Å². The lowest BCUT2D eigenvalue weighted by Gasteiger charge is -2.29. The number of hydrogen-bond donors (Lipinski definition) is 1. The van der Waals surface area contributed by atoms with Crippen LogP contribution in [-0.4, -0.2) is 36.4 Å². The molecule has 0 aliphatic rings. The summed E-state index contributed by atoms with van der Waals surface area (Å²) < 4.78 is 18.3. The fourth-order valence-electron chi connectivity index (χ4n) is 2.71. The van der Waals surface area contributed by atoms with Crippen LogP contribution >= 0.6 is 0 Å². The molecule has 1 atom stereocenters. The lowest BCUT2D eigenvalue weighted by molar-refractivity contribution is -0.140. The van der Waals surface area contributed by atoms with Crippen molar-refractivity contribution in [2.75, 3.05) is 13.7 Å². The number of carbonyl (C=O) groups excluding carboxylic acids is 2. The molecule has 2 amide bonds. The van der Waals surface area contributed by atoms with Crippen molar-refractivity contribution in [1.82, 2.24) is 10.2 Å². The largest absolute Gasteiger partial charge is 0.497 e. The Morgan fingerprint density at radius 3 is 2.22 bits per heavy atom. The highest BCUT2D eigenvalue weighted by Gasteiger charge is 2.25. The van der Waals surface area contributed by atoms with E-state index < -0.39 is 6.04 Å². The maximum absolute atomic E-state index is 13.2. The number of hydrogen-bond acceptors (Lipinski definition) is 3. The number of nitrogens with zero attached hydrogens (tertiary/aromatic N) is 1. The second-order valence-electron chi connectivity index (χ2n) is 6.24. The van der Waals surface area contributed by atoms with Gasteiger partial charge < -0.3 is 15.0 Å². The zero-order valence-corrected chi connectivity index (χ0v) is 15.9. The molecule has 0 heterocycles. The molecule has 0 aliphatic heterocycles. The monoisotopic (exact) mass is 372 g/mol. The van der Waals surface area contributed by atoms with Crippen LogP contribution in [0.4, 0.5) is 4.39 Å². The topological polar surface area (TPSA) is 58.6 Å². The first-order chi connectivity index (χ1) is 12.9. The van der Waals surface area contributed by atoms with Crippen molar-refractivity contribution >= 4 is 11.8 Å². The van der Waals surface area contributed by atoms with Gasteiger partial charge in [0.2, 0.25) is 11.8 Å². The smallest absolute Gasteiger partial charge is 0.242 e. The van der Waals surface area contributed by atoms with E-state index in [9.17, 15) is 14.0 Å². The molecule has 0 unspecified atom stereocenters. The molecular formula is C21H25FN2O3. The molecule has 0 aromatic heterocycles. The molecule has 0 saturated heterocycles. The van der Waals surface area contributed by atoms with Crippen LogP contribution in [0, 0.1) is 5.82 Å². The van der Waals surface area contributed by atoms with Gasteiger partial charge in [-0.05, 0) is 49.2 Å². The quantitative estimate of drug-likeness (QED) is 0.775. The third kappa shape index (κ3) is 5.81. The van der Waals surface area contributed by atoms with Crippen LogP contribution in [0.25, 0.3) is 0 Å². The van der Waals surface area contributed by atoms with Crippen molar-refractivity contribution in [3.05, 3.63) is 65.5 Å². The van der Waals surface area contributed by atoms with E-state index >= 15 is 0 Å².